The van der Waals surface area contributed by atoms with Gasteiger partial charge in [0.15, 0.2) is 18.9 Å². The second-order valence-corrected chi connectivity index (χ2v) is 5.80. The number of para-hydroxylation sites is 1. The largest absolute Gasteiger partial charge is 0.456 e. The van der Waals surface area contributed by atoms with Gasteiger partial charge in [0.05, 0.1) is 5.41 Å². The molecular formula is C17H22NO2+. The van der Waals surface area contributed by atoms with Gasteiger partial charge < -0.3 is 4.74 Å². The maximum absolute atomic E-state index is 11.4. The molecule has 1 aliphatic heterocycles. The van der Waals surface area contributed by atoms with Crippen LogP contribution in [0.4, 0.5) is 5.69 Å². The van der Waals surface area contributed by atoms with E-state index in [0.717, 1.165) is 0 Å². The predicted octanol–water partition coefficient (Wildman–Crippen LogP) is 3.20. The van der Waals surface area contributed by atoms with Gasteiger partial charge >= 0.3 is 5.97 Å². The Morgan fingerprint density at radius 3 is 2.65 bits per heavy atom. The summed E-state index contributed by atoms with van der Waals surface area (Å²) in [7, 11) is 0. The standard InChI is InChI=1S/C17H22NO2/c1-12(2)16(19)20-11-10-18-13(3)17(4,5)14-8-6-7-9-15(14)18/h6-9H,1,10-11H2,2-5H3/q+1. The number of nitrogens with zero attached hydrogens (tertiary/aromatic N) is 1. The molecule has 0 saturated heterocycles. The fourth-order valence-electron chi connectivity index (χ4n) is 2.59. The van der Waals surface area contributed by atoms with Crippen molar-refractivity contribution < 1.29 is 14.1 Å². The Kier molecular flexibility index (Phi) is 3.80. The smallest absolute Gasteiger partial charge is 0.333 e. The second-order valence-electron chi connectivity index (χ2n) is 5.80. The lowest BCUT2D eigenvalue weighted by atomic mass is 9.82. The van der Waals surface area contributed by atoms with Crippen LogP contribution in [0.5, 0.6) is 0 Å². The number of hydrogen-bond acceptors (Lipinski definition) is 2. The summed E-state index contributed by atoms with van der Waals surface area (Å²) in [4.78, 5) is 11.4. The van der Waals surface area contributed by atoms with Crippen molar-refractivity contribution in [3.05, 3.63) is 42.0 Å². The zero-order chi connectivity index (χ0) is 14.9. The molecule has 1 aromatic rings. The second kappa shape index (κ2) is 5.23. The van der Waals surface area contributed by atoms with Gasteiger partial charge in [-0.1, -0.05) is 24.8 Å². The molecular weight excluding hydrogens is 250 g/mol. The third-order valence-corrected chi connectivity index (χ3v) is 4.07. The van der Waals surface area contributed by atoms with Gasteiger partial charge in [-0.3, -0.25) is 0 Å². The van der Waals surface area contributed by atoms with Gasteiger partial charge in [-0.05, 0) is 20.8 Å². The molecule has 0 aromatic heterocycles. The van der Waals surface area contributed by atoms with Crippen molar-refractivity contribution in [3.8, 4) is 0 Å². The summed E-state index contributed by atoms with van der Waals surface area (Å²) >= 11 is 0. The number of hydrogen-bond donors (Lipinski definition) is 0. The average Bonchev–Trinajstić information content (AvgIpc) is 2.60. The Labute approximate surface area is 120 Å². The number of carbonyl (C=O) groups excluding carboxylic acids is 1. The van der Waals surface area contributed by atoms with E-state index in [4.69, 9.17) is 4.74 Å². The van der Waals surface area contributed by atoms with Gasteiger partial charge in [-0.2, -0.15) is 4.58 Å². The van der Waals surface area contributed by atoms with Crippen LogP contribution in [0.15, 0.2) is 36.4 Å². The third kappa shape index (κ3) is 2.40. The zero-order valence-electron chi connectivity index (χ0n) is 12.7. The summed E-state index contributed by atoms with van der Waals surface area (Å²) in [5.74, 6) is -0.325. The van der Waals surface area contributed by atoms with E-state index in [2.05, 4.69) is 50.1 Å². The maximum atomic E-state index is 11.4. The molecule has 0 spiro atoms. The summed E-state index contributed by atoms with van der Waals surface area (Å²) in [6, 6.07) is 8.39. The van der Waals surface area contributed by atoms with Crippen molar-refractivity contribution in [2.45, 2.75) is 33.1 Å². The van der Waals surface area contributed by atoms with Gasteiger partial charge in [0, 0.05) is 24.1 Å². The van der Waals surface area contributed by atoms with Crippen molar-refractivity contribution in [2.24, 2.45) is 0 Å². The summed E-state index contributed by atoms with van der Waals surface area (Å²) in [5.41, 5.74) is 4.28. The highest BCUT2D eigenvalue weighted by Gasteiger charge is 2.42. The van der Waals surface area contributed by atoms with Crippen LogP contribution in [0.1, 0.15) is 33.3 Å². The Hall–Kier alpha value is -1.90. The maximum Gasteiger partial charge on any atom is 0.333 e. The van der Waals surface area contributed by atoms with Crippen molar-refractivity contribution in [2.75, 3.05) is 13.2 Å². The molecule has 0 N–H and O–H groups in total. The Morgan fingerprint density at radius 2 is 2.00 bits per heavy atom. The van der Waals surface area contributed by atoms with Gasteiger partial charge in [0.1, 0.15) is 0 Å². The number of fused-ring (bicyclic) bond motifs is 1. The molecule has 2 rings (SSSR count). The molecule has 0 bridgehead atoms. The van der Waals surface area contributed by atoms with Crippen LogP contribution in [0.25, 0.3) is 0 Å². The lowest BCUT2D eigenvalue weighted by molar-refractivity contribution is -0.442. The van der Waals surface area contributed by atoms with Crippen LogP contribution in [0.2, 0.25) is 0 Å². The van der Waals surface area contributed by atoms with Crippen LogP contribution in [-0.4, -0.2) is 29.4 Å². The molecule has 0 atom stereocenters. The van der Waals surface area contributed by atoms with Crippen molar-refractivity contribution in [1.29, 1.82) is 0 Å². The SMILES string of the molecule is C=C(C)C(=O)OCC[N+]1=C(C)C(C)(C)c2ccccc21. The van der Waals surface area contributed by atoms with E-state index in [0.29, 0.717) is 18.7 Å². The summed E-state index contributed by atoms with van der Waals surface area (Å²) < 4.78 is 7.44. The average molecular weight is 272 g/mol. The number of benzene rings is 1. The summed E-state index contributed by atoms with van der Waals surface area (Å²) in [6.45, 7) is 12.9. The fourth-order valence-corrected chi connectivity index (χ4v) is 2.59. The van der Waals surface area contributed by atoms with E-state index in [-0.39, 0.29) is 11.4 Å². The minimum Gasteiger partial charge on any atom is -0.456 e. The Balaban J connectivity index is 2.18. The summed E-state index contributed by atoms with van der Waals surface area (Å²) in [6.07, 6.45) is 0. The van der Waals surface area contributed by atoms with E-state index in [9.17, 15) is 4.79 Å². The van der Waals surface area contributed by atoms with Gasteiger partial charge in [0.2, 0.25) is 5.69 Å². The lowest BCUT2D eigenvalue weighted by Crippen LogP contribution is -2.27. The monoisotopic (exact) mass is 272 g/mol. The van der Waals surface area contributed by atoms with Crippen LogP contribution in [0.3, 0.4) is 0 Å². The summed E-state index contributed by atoms with van der Waals surface area (Å²) in [5, 5.41) is 0. The first-order valence-corrected chi connectivity index (χ1v) is 6.89. The fraction of sp³-hybridized carbons (Fsp3) is 0.412. The molecule has 1 heterocycles. The van der Waals surface area contributed by atoms with Crippen LogP contribution in [0, 0.1) is 0 Å². The normalized spacial score (nSPS) is 16.0. The third-order valence-electron chi connectivity index (χ3n) is 4.07. The van der Waals surface area contributed by atoms with E-state index in [1.54, 1.807) is 6.92 Å². The topological polar surface area (TPSA) is 29.3 Å². The van der Waals surface area contributed by atoms with E-state index in [1.807, 2.05) is 6.07 Å². The van der Waals surface area contributed by atoms with E-state index < -0.39 is 0 Å². The predicted molar refractivity (Wildman–Crippen MR) is 80.7 cm³/mol. The highest BCUT2D eigenvalue weighted by atomic mass is 16.5. The first-order chi connectivity index (χ1) is 9.35. The minimum absolute atomic E-state index is 0.0228. The van der Waals surface area contributed by atoms with Crippen molar-refractivity contribution >= 4 is 17.4 Å². The van der Waals surface area contributed by atoms with Gasteiger partial charge in [-0.25, -0.2) is 4.79 Å². The quantitative estimate of drug-likeness (QED) is 0.478. The molecule has 0 aliphatic carbocycles. The number of rotatable bonds is 4. The molecule has 0 radical (unpaired) electrons. The number of carbonyl (C=O) groups is 1. The van der Waals surface area contributed by atoms with Gasteiger partial charge in [-0.15, -0.1) is 0 Å². The van der Waals surface area contributed by atoms with Crippen molar-refractivity contribution in [1.82, 2.24) is 0 Å². The van der Waals surface area contributed by atoms with E-state index in [1.165, 1.54) is 17.0 Å². The van der Waals surface area contributed by atoms with Crippen LogP contribution < -0.4 is 0 Å². The molecule has 20 heavy (non-hydrogen) atoms. The highest BCUT2D eigenvalue weighted by molar-refractivity contribution is 5.93. The molecule has 1 aliphatic rings. The first kappa shape index (κ1) is 14.5. The lowest BCUT2D eigenvalue weighted by Gasteiger charge is -2.14. The highest BCUT2D eigenvalue weighted by Crippen LogP contribution is 2.38. The zero-order valence-corrected chi connectivity index (χ0v) is 12.7. The van der Waals surface area contributed by atoms with E-state index >= 15 is 0 Å². The number of esters is 1. The minimum atomic E-state index is -0.325. The van der Waals surface area contributed by atoms with Gasteiger partial charge in [0.25, 0.3) is 0 Å². The molecule has 0 amide bonds. The molecule has 106 valence electrons. The Morgan fingerprint density at radius 1 is 1.35 bits per heavy atom. The molecule has 0 saturated carbocycles. The Bertz CT molecular complexity index is 597. The first-order valence-electron chi connectivity index (χ1n) is 6.89. The van der Waals surface area contributed by atoms with Crippen LogP contribution >= 0.6 is 0 Å². The van der Waals surface area contributed by atoms with Crippen LogP contribution in [-0.2, 0) is 14.9 Å². The molecule has 0 fully saturated rings. The van der Waals surface area contributed by atoms with Crippen molar-refractivity contribution in [3.63, 3.8) is 0 Å². The molecule has 3 heteroatoms. The molecule has 1 aromatic carbocycles. The number of ether oxygens (including phenoxy) is 1. The molecule has 3 nitrogen and oxygen atoms in total. The molecule has 0 unspecified atom stereocenters.